The first kappa shape index (κ1) is 19.7. The summed E-state index contributed by atoms with van der Waals surface area (Å²) in [6.45, 7) is 6.29. The summed E-state index contributed by atoms with van der Waals surface area (Å²) in [7, 11) is 1.64. The highest BCUT2D eigenvalue weighted by Crippen LogP contribution is 2.34. The number of methoxy groups -OCH3 is 1. The topological polar surface area (TPSA) is 58.4 Å². The summed E-state index contributed by atoms with van der Waals surface area (Å²) in [4.78, 5) is 6.22. The summed E-state index contributed by atoms with van der Waals surface area (Å²) in [5.74, 6) is 1.68. The Bertz CT molecular complexity index is 964. The van der Waals surface area contributed by atoms with Crippen molar-refractivity contribution in [3.63, 3.8) is 0 Å². The van der Waals surface area contributed by atoms with Crippen molar-refractivity contribution in [3.05, 3.63) is 69.7 Å². The smallest absolute Gasteiger partial charge is 0.142 e. The molecule has 28 heavy (non-hydrogen) atoms. The second-order valence-electron chi connectivity index (χ2n) is 6.43. The first-order valence-corrected chi connectivity index (χ1v) is 9.90. The molecular weight excluding hydrogens is 370 g/mol. The second kappa shape index (κ2) is 9.25. The number of anilines is 1. The lowest BCUT2D eigenvalue weighted by molar-refractivity contribution is 0.306. The summed E-state index contributed by atoms with van der Waals surface area (Å²) in [5.41, 5.74) is 3.97. The largest absolute Gasteiger partial charge is 0.496 e. The van der Waals surface area contributed by atoms with E-state index in [1.54, 1.807) is 30.7 Å². The molecule has 1 aromatic heterocycles. The molecule has 0 radical (unpaired) electrons. The van der Waals surface area contributed by atoms with Gasteiger partial charge in [0.15, 0.2) is 0 Å². The number of ether oxygens (including phenoxy) is 2. The molecule has 0 N–H and O–H groups in total. The molecule has 0 bridgehead atoms. The quantitative estimate of drug-likeness (QED) is 0.644. The van der Waals surface area contributed by atoms with Gasteiger partial charge >= 0.3 is 0 Å². The zero-order chi connectivity index (χ0) is 19.9. The molecule has 2 aromatic carbocycles. The molecule has 0 spiro atoms. The first-order chi connectivity index (χ1) is 13.6. The molecule has 144 valence electrons. The lowest BCUT2D eigenvalue weighted by Gasteiger charge is -2.32. The van der Waals surface area contributed by atoms with Crippen LogP contribution in [0, 0.1) is 25.2 Å². The van der Waals surface area contributed by atoms with E-state index in [4.69, 9.17) is 14.7 Å². The minimum atomic E-state index is 0.610. The van der Waals surface area contributed by atoms with E-state index in [1.165, 1.54) is 5.56 Å². The third kappa shape index (κ3) is 4.81. The molecule has 3 aromatic rings. The van der Waals surface area contributed by atoms with Crippen LogP contribution in [0.2, 0.25) is 0 Å². The van der Waals surface area contributed by atoms with E-state index in [0.717, 1.165) is 40.8 Å². The molecule has 4 rings (SSSR count). The molecule has 1 aliphatic rings. The number of aryl methyl sites for hydroxylation is 2. The highest BCUT2D eigenvalue weighted by molar-refractivity contribution is 7.09. The number of fused-ring (bicyclic) bond motifs is 1. The maximum absolute atomic E-state index is 8.99. The van der Waals surface area contributed by atoms with Crippen molar-refractivity contribution in [1.29, 1.82) is 5.26 Å². The van der Waals surface area contributed by atoms with Crippen molar-refractivity contribution in [3.8, 4) is 17.6 Å². The average molecular weight is 394 g/mol. The lowest BCUT2D eigenvalue weighted by atomic mass is 10.1. The van der Waals surface area contributed by atoms with Crippen molar-refractivity contribution < 1.29 is 9.47 Å². The van der Waals surface area contributed by atoms with Gasteiger partial charge in [-0.05, 0) is 43.7 Å². The van der Waals surface area contributed by atoms with E-state index in [9.17, 15) is 0 Å². The van der Waals surface area contributed by atoms with E-state index in [2.05, 4.69) is 41.1 Å². The summed E-state index contributed by atoms with van der Waals surface area (Å²) < 4.78 is 11.2. The van der Waals surface area contributed by atoms with Gasteiger partial charge in [0.05, 0.1) is 36.0 Å². The third-order valence-corrected chi connectivity index (χ3v) is 5.11. The number of benzene rings is 2. The fraction of sp³-hybridized carbons (Fsp3) is 0.273. The van der Waals surface area contributed by atoms with Gasteiger partial charge in [-0.15, -0.1) is 11.3 Å². The fourth-order valence-electron chi connectivity index (χ4n) is 2.99. The zero-order valence-corrected chi connectivity index (χ0v) is 17.1. The molecule has 1 aliphatic heterocycles. The fourth-order valence-corrected chi connectivity index (χ4v) is 3.43. The number of rotatable bonds is 3. The van der Waals surface area contributed by atoms with Gasteiger partial charge in [-0.1, -0.05) is 12.1 Å². The van der Waals surface area contributed by atoms with Crippen LogP contribution in [0.4, 0.5) is 5.69 Å². The van der Waals surface area contributed by atoms with Gasteiger partial charge in [-0.3, -0.25) is 4.98 Å². The molecule has 6 heteroatoms. The van der Waals surface area contributed by atoms with Crippen molar-refractivity contribution in [2.75, 3.05) is 25.2 Å². The maximum Gasteiger partial charge on any atom is 0.142 e. The SMILES string of the molecule is COc1cc(C#N)ccc1CN1CCOc2cc(C)ccc21.Cc1nccs1. The van der Waals surface area contributed by atoms with E-state index < -0.39 is 0 Å². The molecule has 0 atom stereocenters. The zero-order valence-electron chi connectivity index (χ0n) is 16.3. The van der Waals surface area contributed by atoms with E-state index in [0.29, 0.717) is 12.2 Å². The molecule has 0 fully saturated rings. The van der Waals surface area contributed by atoms with Gasteiger partial charge in [-0.2, -0.15) is 5.26 Å². The standard InChI is InChI=1S/C18H18N2O2.C4H5NS/c1-13-3-6-16-18(9-13)22-8-7-20(16)12-15-5-4-14(11-19)10-17(15)21-2;1-4-5-2-3-6-4/h3-6,9-10H,7-8,12H2,1-2H3;2-3H,1H3. The van der Waals surface area contributed by atoms with Gasteiger partial charge in [0.25, 0.3) is 0 Å². The number of thiazole rings is 1. The predicted octanol–water partition coefficient (Wildman–Crippen LogP) is 4.73. The van der Waals surface area contributed by atoms with Crippen LogP contribution in [0.1, 0.15) is 21.7 Å². The minimum Gasteiger partial charge on any atom is -0.496 e. The molecule has 0 saturated carbocycles. The summed E-state index contributed by atoms with van der Waals surface area (Å²) in [6.07, 6.45) is 1.81. The Labute approximate surface area is 169 Å². The number of hydrogen-bond acceptors (Lipinski definition) is 6. The van der Waals surface area contributed by atoms with Crippen molar-refractivity contribution >= 4 is 17.0 Å². The highest BCUT2D eigenvalue weighted by atomic mass is 32.1. The Hall–Kier alpha value is -3.04. The second-order valence-corrected chi connectivity index (χ2v) is 7.53. The van der Waals surface area contributed by atoms with Crippen LogP contribution in [0.5, 0.6) is 11.5 Å². The predicted molar refractivity (Wildman–Crippen MR) is 112 cm³/mol. The number of hydrogen-bond donors (Lipinski definition) is 0. The molecule has 0 unspecified atom stereocenters. The molecule has 5 nitrogen and oxygen atoms in total. The average Bonchev–Trinajstić information content (AvgIpc) is 3.19. The van der Waals surface area contributed by atoms with Crippen LogP contribution in [-0.2, 0) is 6.54 Å². The van der Waals surface area contributed by atoms with Crippen molar-refractivity contribution in [1.82, 2.24) is 4.98 Å². The van der Waals surface area contributed by atoms with Gasteiger partial charge in [0.1, 0.15) is 18.1 Å². The Morgan fingerprint density at radius 2 is 2.11 bits per heavy atom. The molecule has 0 saturated heterocycles. The lowest BCUT2D eigenvalue weighted by Crippen LogP contribution is -2.32. The monoisotopic (exact) mass is 393 g/mol. The first-order valence-electron chi connectivity index (χ1n) is 9.02. The molecule has 0 amide bonds. The van der Waals surface area contributed by atoms with Crippen LogP contribution in [0.15, 0.2) is 48.0 Å². The molecule has 0 aliphatic carbocycles. The van der Waals surface area contributed by atoms with Crippen LogP contribution in [0.25, 0.3) is 0 Å². The molecule has 2 heterocycles. The van der Waals surface area contributed by atoms with Gasteiger partial charge in [0.2, 0.25) is 0 Å². The molecular formula is C22H23N3O2S. The van der Waals surface area contributed by atoms with Crippen molar-refractivity contribution in [2.45, 2.75) is 20.4 Å². The van der Waals surface area contributed by atoms with E-state index in [-0.39, 0.29) is 0 Å². The number of nitrogens with zero attached hydrogens (tertiary/aromatic N) is 3. The Morgan fingerprint density at radius 3 is 2.75 bits per heavy atom. The highest BCUT2D eigenvalue weighted by Gasteiger charge is 2.19. The summed E-state index contributed by atoms with van der Waals surface area (Å²) in [6, 6.07) is 14.0. The van der Waals surface area contributed by atoms with Gasteiger partial charge < -0.3 is 14.4 Å². The number of nitriles is 1. The Kier molecular flexibility index (Phi) is 6.51. The van der Waals surface area contributed by atoms with Crippen LogP contribution in [-0.4, -0.2) is 25.2 Å². The maximum atomic E-state index is 8.99. The third-order valence-electron chi connectivity index (χ3n) is 4.41. The van der Waals surface area contributed by atoms with E-state index in [1.807, 2.05) is 24.4 Å². The van der Waals surface area contributed by atoms with Gasteiger partial charge in [0, 0.05) is 23.7 Å². The Morgan fingerprint density at radius 1 is 1.25 bits per heavy atom. The van der Waals surface area contributed by atoms with Crippen LogP contribution >= 0.6 is 11.3 Å². The van der Waals surface area contributed by atoms with Crippen molar-refractivity contribution in [2.24, 2.45) is 0 Å². The summed E-state index contributed by atoms with van der Waals surface area (Å²) >= 11 is 1.67. The van der Waals surface area contributed by atoms with Gasteiger partial charge in [-0.25, -0.2) is 0 Å². The van der Waals surface area contributed by atoms with E-state index >= 15 is 0 Å². The Balaban J connectivity index is 0.000000320. The van der Waals surface area contributed by atoms with Crippen LogP contribution < -0.4 is 14.4 Å². The number of aromatic nitrogens is 1. The normalized spacial score (nSPS) is 12.1. The van der Waals surface area contributed by atoms with Crippen LogP contribution in [0.3, 0.4) is 0 Å². The summed E-state index contributed by atoms with van der Waals surface area (Å²) in [5, 5.41) is 12.1. The minimum absolute atomic E-state index is 0.610.